The third-order valence-electron chi connectivity index (χ3n) is 5.04. The van der Waals surface area contributed by atoms with Gasteiger partial charge < -0.3 is 4.98 Å². The van der Waals surface area contributed by atoms with Gasteiger partial charge in [0.05, 0.1) is 0 Å². The molecule has 1 heteroatoms. The first-order chi connectivity index (χ1) is 12.4. The summed E-state index contributed by atoms with van der Waals surface area (Å²) in [7, 11) is 0. The SMILES string of the molecule is C1=c2[nH]c3cc(-c4cccc(-c5ccccc5)c4)ccc3c2=CCC1. The smallest absolute Gasteiger partial charge is 0.0470 e. The van der Waals surface area contributed by atoms with Crippen LogP contribution in [0, 0.1) is 0 Å². The maximum atomic E-state index is 3.59. The number of hydrogen-bond donors (Lipinski definition) is 1. The van der Waals surface area contributed by atoms with Crippen LogP contribution in [0.1, 0.15) is 12.8 Å². The lowest BCUT2D eigenvalue weighted by Gasteiger charge is -2.06. The topological polar surface area (TPSA) is 15.8 Å². The zero-order valence-corrected chi connectivity index (χ0v) is 14.0. The zero-order chi connectivity index (χ0) is 16.6. The second-order valence-corrected chi connectivity index (χ2v) is 6.65. The number of nitrogens with one attached hydrogen (secondary N) is 1. The summed E-state index contributed by atoms with van der Waals surface area (Å²) in [4.78, 5) is 3.59. The van der Waals surface area contributed by atoms with Gasteiger partial charge >= 0.3 is 0 Å². The first-order valence-corrected chi connectivity index (χ1v) is 8.86. The number of rotatable bonds is 2. The second kappa shape index (κ2) is 5.78. The molecule has 120 valence electrons. The van der Waals surface area contributed by atoms with Crippen molar-refractivity contribution in [3.05, 3.63) is 83.4 Å². The maximum absolute atomic E-state index is 3.59. The van der Waals surface area contributed by atoms with Crippen molar-refractivity contribution < 1.29 is 0 Å². The van der Waals surface area contributed by atoms with E-state index in [1.807, 2.05) is 0 Å². The van der Waals surface area contributed by atoms with E-state index in [9.17, 15) is 0 Å². The molecular formula is C24H19N. The molecule has 1 aliphatic carbocycles. The van der Waals surface area contributed by atoms with Crippen LogP contribution in [-0.2, 0) is 0 Å². The Morgan fingerprint density at radius 1 is 0.600 bits per heavy atom. The predicted molar refractivity (Wildman–Crippen MR) is 107 cm³/mol. The lowest BCUT2D eigenvalue weighted by atomic mass is 9.98. The summed E-state index contributed by atoms with van der Waals surface area (Å²) in [6.07, 6.45) is 6.93. The van der Waals surface area contributed by atoms with Crippen molar-refractivity contribution in [1.82, 2.24) is 4.98 Å². The van der Waals surface area contributed by atoms with Crippen LogP contribution in [-0.4, -0.2) is 4.98 Å². The van der Waals surface area contributed by atoms with Gasteiger partial charge in [-0.05, 0) is 47.2 Å². The summed E-state index contributed by atoms with van der Waals surface area (Å²) in [5.74, 6) is 0. The molecule has 0 spiro atoms. The Labute approximate surface area is 147 Å². The van der Waals surface area contributed by atoms with Crippen LogP contribution in [0.4, 0.5) is 0 Å². The molecule has 0 aliphatic heterocycles. The molecule has 4 aromatic rings. The Kier molecular flexibility index (Phi) is 3.31. The average Bonchev–Trinajstić information content (AvgIpc) is 3.06. The third-order valence-corrected chi connectivity index (χ3v) is 5.04. The van der Waals surface area contributed by atoms with E-state index < -0.39 is 0 Å². The molecule has 1 aromatic heterocycles. The van der Waals surface area contributed by atoms with Crippen molar-refractivity contribution in [1.29, 1.82) is 0 Å². The molecule has 5 rings (SSSR count). The summed E-state index contributed by atoms with van der Waals surface area (Å²) in [6.45, 7) is 0. The molecular weight excluding hydrogens is 302 g/mol. The van der Waals surface area contributed by atoms with E-state index in [1.165, 1.54) is 43.7 Å². The van der Waals surface area contributed by atoms with Crippen molar-refractivity contribution >= 4 is 23.1 Å². The summed E-state index contributed by atoms with van der Waals surface area (Å²) < 4.78 is 0. The minimum atomic E-state index is 1.13. The van der Waals surface area contributed by atoms with Crippen molar-refractivity contribution in [2.24, 2.45) is 0 Å². The van der Waals surface area contributed by atoms with E-state index >= 15 is 0 Å². The van der Waals surface area contributed by atoms with Gasteiger partial charge in [-0.2, -0.15) is 0 Å². The van der Waals surface area contributed by atoms with Crippen molar-refractivity contribution in [2.75, 3.05) is 0 Å². The average molecular weight is 321 g/mol. The number of aromatic amines is 1. The first-order valence-electron chi connectivity index (χ1n) is 8.86. The van der Waals surface area contributed by atoms with Crippen molar-refractivity contribution in [3.63, 3.8) is 0 Å². The molecule has 0 saturated heterocycles. The first kappa shape index (κ1) is 14.3. The Morgan fingerprint density at radius 2 is 1.32 bits per heavy atom. The van der Waals surface area contributed by atoms with Crippen LogP contribution >= 0.6 is 0 Å². The minimum absolute atomic E-state index is 1.13. The fraction of sp³-hybridized carbons (Fsp3) is 0.0833. The standard InChI is InChI=1S/C24H19N/c1-2-7-17(8-3-1)18-9-6-10-19(15-18)20-13-14-22-21-11-4-5-12-23(21)25-24(22)16-20/h1-3,6-16,25H,4-5H2. The van der Waals surface area contributed by atoms with E-state index in [4.69, 9.17) is 0 Å². The van der Waals surface area contributed by atoms with E-state index in [2.05, 4.69) is 89.9 Å². The highest BCUT2D eigenvalue weighted by Crippen LogP contribution is 2.27. The van der Waals surface area contributed by atoms with Crippen molar-refractivity contribution in [2.45, 2.75) is 12.8 Å². The van der Waals surface area contributed by atoms with Gasteiger partial charge in [-0.25, -0.2) is 0 Å². The zero-order valence-electron chi connectivity index (χ0n) is 14.0. The number of benzene rings is 3. The molecule has 1 N–H and O–H groups in total. The van der Waals surface area contributed by atoms with Gasteiger partial charge in [0.15, 0.2) is 0 Å². The number of aromatic nitrogens is 1. The lowest BCUT2D eigenvalue weighted by Crippen LogP contribution is -2.24. The maximum Gasteiger partial charge on any atom is 0.0470 e. The highest BCUT2D eigenvalue weighted by Gasteiger charge is 2.06. The van der Waals surface area contributed by atoms with Gasteiger partial charge in [-0.1, -0.05) is 72.8 Å². The minimum Gasteiger partial charge on any atom is -0.355 e. The van der Waals surface area contributed by atoms with E-state index in [0.29, 0.717) is 0 Å². The molecule has 0 saturated carbocycles. The van der Waals surface area contributed by atoms with Gasteiger partial charge in [0, 0.05) is 21.5 Å². The molecule has 3 aromatic carbocycles. The van der Waals surface area contributed by atoms with Gasteiger partial charge in [-0.3, -0.25) is 0 Å². The van der Waals surface area contributed by atoms with Crippen LogP contribution in [0.15, 0.2) is 72.8 Å². The van der Waals surface area contributed by atoms with Gasteiger partial charge in [0.25, 0.3) is 0 Å². The molecule has 0 radical (unpaired) electrons. The predicted octanol–water partition coefficient (Wildman–Crippen LogP) is 4.86. The summed E-state index contributed by atoms with van der Waals surface area (Å²) in [5.41, 5.74) is 6.24. The molecule has 0 bridgehead atoms. The fourth-order valence-electron chi connectivity index (χ4n) is 3.76. The monoisotopic (exact) mass is 321 g/mol. The normalized spacial score (nSPS) is 13.1. The quantitative estimate of drug-likeness (QED) is 0.543. The highest BCUT2D eigenvalue weighted by atomic mass is 14.7. The summed E-state index contributed by atoms with van der Waals surface area (Å²) in [5, 5.41) is 3.97. The molecule has 0 amide bonds. The van der Waals surface area contributed by atoms with Crippen LogP contribution in [0.25, 0.3) is 45.3 Å². The van der Waals surface area contributed by atoms with Crippen LogP contribution in [0.3, 0.4) is 0 Å². The fourth-order valence-corrected chi connectivity index (χ4v) is 3.76. The van der Waals surface area contributed by atoms with Gasteiger partial charge in [0.2, 0.25) is 0 Å². The van der Waals surface area contributed by atoms with Crippen LogP contribution < -0.4 is 10.6 Å². The Hall–Kier alpha value is -3.06. The Balaban J connectivity index is 1.64. The molecule has 25 heavy (non-hydrogen) atoms. The van der Waals surface area contributed by atoms with Crippen LogP contribution in [0.5, 0.6) is 0 Å². The molecule has 1 heterocycles. The molecule has 0 unspecified atom stereocenters. The van der Waals surface area contributed by atoms with E-state index in [1.54, 1.807) is 0 Å². The van der Waals surface area contributed by atoms with Gasteiger partial charge in [-0.15, -0.1) is 0 Å². The summed E-state index contributed by atoms with van der Waals surface area (Å²) in [6, 6.07) is 26.1. The molecule has 0 atom stereocenters. The molecule has 1 aliphatic rings. The molecule has 0 fully saturated rings. The highest BCUT2D eigenvalue weighted by molar-refractivity contribution is 5.87. The number of hydrogen-bond acceptors (Lipinski definition) is 0. The van der Waals surface area contributed by atoms with Crippen LogP contribution in [0.2, 0.25) is 0 Å². The van der Waals surface area contributed by atoms with Gasteiger partial charge in [0.1, 0.15) is 0 Å². The Morgan fingerprint density at radius 3 is 2.20 bits per heavy atom. The summed E-state index contributed by atoms with van der Waals surface area (Å²) >= 11 is 0. The lowest BCUT2D eigenvalue weighted by molar-refractivity contribution is 1.11. The second-order valence-electron chi connectivity index (χ2n) is 6.65. The van der Waals surface area contributed by atoms with E-state index in [0.717, 1.165) is 12.8 Å². The third kappa shape index (κ3) is 2.49. The Bertz CT molecular complexity index is 1180. The van der Waals surface area contributed by atoms with Crippen molar-refractivity contribution in [3.8, 4) is 22.3 Å². The largest absolute Gasteiger partial charge is 0.355 e. The number of fused-ring (bicyclic) bond motifs is 3. The van der Waals surface area contributed by atoms with E-state index in [-0.39, 0.29) is 0 Å². The number of H-pyrrole nitrogens is 1. The molecule has 1 nitrogen and oxygen atoms in total.